The van der Waals surface area contributed by atoms with Crippen molar-refractivity contribution < 1.29 is 17.6 Å². The van der Waals surface area contributed by atoms with Crippen LogP contribution in [0.15, 0.2) is 24.3 Å². The SMILES string of the molecule is CCCCCCCCC[C@H]1CC[C@H](c2ccc(-c3c(F)cc(C)c(F)c3F)c(F)c2)CC1. The summed E-state index contributed by atoms with van der Waals surface area (Å²) >= 11 is 0. The third kappa shape index (κ3) is 6.14. The molecule has 0 atom stereocenters. The number of benzene rings is 2. The molecule has 176 valence electrons. The second kappa shape index (κ2) is 11.9. The lowest BCUT2D eigenvalue weighted by Gasteiger charge is -2.29. The van der Waals surface area contributed by atoms with Gasteiger partial charge in [-0.2, -0.15) is 0 Å². The Labute approximate surface area is 190 Å². The number of aryl methyl sites for hydroxylation is 1. The van der Waals surface area contributed by atoms with Gasteiger partial charge in [0.05, 0.1) is 5.56 Å². The molecule has 0 heterocycles. The molecule has 1 fully saturated rings. The average molecular weight is 449 g/mol. The highest BCUT2D eigenvalue weighted by atomic mass is 19.2. The van der Waals surface area contributed by atoms with Gasteiger partial charge in [0.15, 0.2) is 11.6 Å². The molecule has 0 saturated heterocycles. The molecule has 0 nitrogen and oxygen atoms in total. The van der Waals surface area contributed by atoms with Gasteiger partial charge in [0.25, 0.3) is 0 Å². The summed E-state index contributed by atoms with van der Waals surface area (Å²) in [6.45, 7) is 3.53. The van der Waals surface area contributed by atoms with E-state index in [1.807, 2.05) is 0 Å². The Morgan fingerprint density at radius 1 is 0.750 bits per heavy atom. The van der Waals surface area contributed by atoms with Crippen molar-refractivity contribution in [3.8, 4) is 11.1 Å². The summed E-state index contributed by atoms with van der Waals surface area (Å²) in [6, 6.07) is 5.43. The Kier molecular flexibility index (Phi) is 9.19. The smallest absolute Gasteiger partial charge is 0.169 e. The highest BCUT2D eigenvalue weighted by molar-refractivity contribution is 5.66. The largest absolute Gasteiger partial charge is 0.206 e. The van der Waals surface area contributed by atoms with E-state index in [2.05, 4.69) is 6.92 Å². The van der Waals surface area contributed by atoms with E-state index in [4.69, 9.17) is 0 Å². The Morgan fingerprint density at radius 3 is 2.06 bits per heavy atom. The zero-order valence-electron chi connectivity index (χ0n) is 19.5. The molecule has 1 aliphatic rings. The molecule has 32 heavy (non-hydrogen) atoms. The van der Waals surface area contributed by atoms with Crippen molar-refractivity contribution in [3.63, 3.8) is 0 Å². The first-order valence-corrected chi connectivity index (χ1v) is 12.4. The number of hydrogen-bond acceptors (Lipinski definition) is 0. The fourth-order valence-electron chi connectivity index (χ4n) is 5.12. The third-order valence-corrected chi connectivity index (χ3v) is 7.14. The number of unbranched alkanes of at least 4 members (excludes halogenated alkanes) is 6. The summed E-state index contributed by atoms with van der Waals surface area (Å²) in [5.74, 6) is -3.09. The predicted octanol–water partition coefficient (Wildman–Crippen LogP) is 9.63. The minimum Gasteiger partial charge on any atom is -0.206 e. The summed E-state index contributed by atoms with van der Waals surface area (Å²) in [7, 11) is 0. The van der Waals surface area contributed by atoms with Crippen LogP contribution < -0.4 is 0 Å². The maximum Gasteiger partial charge on any atom is 0.169 e. The van der Waals surface area contributed by atoms with Crippen LogP contribution >= 0.6 is 0 Å². The van der Waals surface area contributed by atoms with Gasteiger partial charge in [-0.1, -0.05) is 70.4 Å². The van der Waals surface area contributed by atoms with E-state index < -0.39 is 28.8 Å². The number of halogens is 4. The summed E-state index contributed by atoms with van der Waals surface area (Å²) in [5, 5.41) is 0. The van der Waals surface area contributed by atoms with E-state index in [1.165, 1.54) is 70.4 Å². The van der Waals surface area contributed by atoms with Gasteiger partial charge >= 0.3 is 0 Å². The molecule has 1 aliphatic carbocycles. The molecule has 0 amide bonds. The highest BCUT2D eigenvalue weighted by Crippen LogP contribution is 2.39. The third-order valence-electron chi connectivity index (χ3n) is 7.14. The van der Waals surface area contributed by atoms with E-state index in [0.29, 0.717) is 0 Å². The Morgan fingerprint density at radius 2 is 1.41 bits per heavy atom. The van der Waals surface area contributed by atoms with Crippen LogP contribution in [0, 0.1) is 36.1 Å². The lowest BCUT2D eigenvalue weighted by atomic mass is 9.77. The fourth-order valence-corrected chi connectivity index (χ4v) is 5.12. The first-order valence-electron chi connectivity index (χ1n) is 12.4. The molecule has 2 aromatic carbocycles. The van der Waals surface area contributed by atoms with Crippen LogP contribution in [0.4, 0.5) is 17.6 Å². The van der Waals surface area contributed by atoms with E-state index >= 15 is 0 Å². The summed E-state index contributed by atoms with van der Waals surface area (Å²) in [5.41, 5.74) is -0.117. The maximum absolute atomic E-state index is 14.8. The molecule has 3 rings (SSSR count). The minimum atomic E-state index is -1.33. The molecule has 0 N–H and O–H groups in total. The van der Waals surface area contributed by atoms with Crippen molar-refractivity contribution in [1.29, 1.82) is 0 Å². The Hall–Kier alpha value is -1.84. The van der Waals surface area contributed by atoms with Crippen LogP contribution in [-0.4, -0.2) is 0 Å². The normalized spacial score (nSPS) is 18.8. The van der Waals surface area contributed by atoms with Crippen LogP contribution in [0.1, 0.15) is 101 Å². The van der Waals surface area contributed by atoms with Crippen molar-refractivity contribution in [2.75, 3.05) is 0 Å². The monoisotopic (exact) mass is 448 g/mol. The van der Waals surface area contributed by atoms with Gasteiger partial charge in [0.2, 0.25) is 0 Å². The number of rotatable bonds is 10. The van der Waals surface area contributed by atoms with Crippen molar-refractivity contribution in [1.82, 2.24) is 0 Å². The average Bonchev–Trinajstić information content (AvgIpc) is 2.78. The van der Waals surface area contributed by atoms with E-state index in [-0.39, 0.29) is 17.0 Å². The molecule has 0 radical (unpaired) electrons. The van der Waals surface area contributed by atoms with Crippen LogP contribution in [0.2, 0.25) is 0 Å². The van der Waals surface area contributed by atoms with Crippen LogP contribution in [0.25, 0.3) is 11.1 Å². The van der Waals surface area contributed by atoms with Gasteiger partial charge in [-0.3, -0.25) is 0 Å². The first kappa shape index (κ1) is 24.8. The zero-order valence-corrected chi connectivity index (χ0v) is 19.5. The lowest BCUT2D eigenvalue weighted by Crippen LogP contribution is -2.13. The predicted molar refractivity (Wildman–Crippen MR) is 124 cm³/mol. The molecule has 2 aromatic rings. The van der Waals surface area contributed by atoms with Gasteiger partial charge in [-0.25, -0.2) is 17.6 Å². The van der Waals surface area contributed by atoms with Gasteiger partial charge in [-0.15, -0.1) is 0 Å². The fraction of sp³-hybridized carbons (Fsp3) is 0.571. The topological polar surface area (TPSA) is 0 Å². The first-order chi connectivity index (χ1) is 15.4. The van der Waals surface area contributed by atoms with Crippen molar-refractivity contribution in [2.45, 2.75) is 96.8 Å². The van der Waals surface area contributed by atoms with Gasteiger partial charge in [0.1, 0.15) is 11.6 Å². The van der Waals surface area contributed by atoms with E-state index in [1.54, 1.807) is 6.07 Å². The van der Waals surface area contributed by atoms with Crippen molar-refractivity contribution >= 4 is 0 Å². The molecule has 0 spiro atoms. The molecule has 0 unspecified atom stereocenters. The molecule has 1 saturated carbocycles. The highest BCUT2D eigenvalue weighted by Gasteiger charge is 2.25. The second-order valence-electron chi connectivity index (χ2n) is 9.55. The molecule has 4 heteroatoms. The minimum absolute atomic E-state index is 0.131. The Balaban J connectivity index is 1.54. The molecular weight excluding hydrogens is 412 g/mol. The van der Waals surface area contributed by atoms with E-state index in [9.17, 15) is 17.6 Å². The summed E-state index contributed by atoms with van der Waals surface area (Å²) in [4.78, 5) is 0. The van der Waals surface area contributed by atoms with Crippen LogP contribution in [0.3, 0.4) is 0 Å². The van der Waals surface area contributed by atoms with Gasteiger partial charge in [0, 0.05) is 5.56 Å². The van der Waals surface area contributed by atoms with Crippen molar-refractivity contribution in [2.24, 2.45) is 5.92 Å². The molecule has 0 bridgehead atoms. The standard InChI is InChI=1S/C28H36F4/c1-3-4-5-6-7-8-9-10-20-11-13-21(14-12-20)22-15-16-23(24(29)18-22)26-25(30)17-19(2)27(31)28(26)32/h15-18,20-21H,3-14H2,1-2H3/t20-,21-. The quantitative estimate of drug-likeness (QED) is 0.193. The second-order valence-corrected chi connectivity index (χ2v) is 9.55. The lowest BCUT2D eigenvalue weighted by molar-refractivity contribution is 0.301. The molecular formula is C28H36F4. The van der Waals surface area contributed by atoms with Crippen LogP contribution in [-0.2, 0) is 0 Å². The van der Waals surface area contributed by atoms with Crippen molar-refractivity contribution in [3.05, 3.63) is 58.7 Å². The molecule has 0 aromatic heterocycles. The van der Waals surface area contributed by atoms with Gasteiger partial charge in [-0.05, 0) is 67.7 Å². The van der Waals surface area contributed by atoms with Gasteiger partial charge < -0.3 is 0 Å². The zero-order chi connectivity index (χ0) is 23.1. The maximum atomic E-state index is 14.8. The Bertz CT molecular complexity index is 881. The van der Waals surface area contributed by atoms with Crippen LogP contribution in [0.5, 0.6) is 0 Å². The molecule has 0 aliphatic heterocycles. The number of hydrogen-bond donors (Lipinski definition) is 0. The summed E-state index contributed by atoms with van der Waals surface area (Å²) in [6.07, 6.45) is 14.9. The summed E-state index contributed by atoms with van der Waals surface area (Å²) < 4.78 is 57.3. The van der Waals surface area contributed by atoms with E-state index in [0.717, 1.165) is 43.2 Å².